The summed E-state index contributed by atoms with van der Waals surface area (Å²) in [6.45, 7) is 2.75. The summed E-state index contributed by atoms with van der Waals surface area (Å²) < 4.78 is 7.67. The zero-order valence-corrected chi connectivity index (χ0v) is 11.5. The number of imidazole rings is 1. The van der Waals surface area contributed by atoms with Crippen LogP contribution in [-0.2, 0) is 16.1 Å². The lowest BCUT2D eigenvalue weighted by molar-refractivity contribution is -0.133. The first-order valence-corrected chi connectivity index (χ1v) is 6.97. The van der Waals surface area contributed by atoms with Crippen molar-refractivity contribution >= 4 is 17.7 Å². The maximum Gasteiger partial charge on any atom is 0.313 e. The molecule has 1 N–H and O–H groups in total. The van der Waals surface area contributed by atoms with Crippen LogP contribution >= 0.6 is 11.8 Å². The number of carboxylic acids is 1. The van der Waals surface area contributed by atoms with Crippen LogP contribution in [0.25, 0.3) is 0 Å². The molecule has 0 amide bonds. The molecule has 0 saturated heterocycles. The maximum absolute atomic E-state index is 10.6. The average Bonchev–Trinajstić information content (AvgIpc) is 2.62. The number of nitrogens with zero attached hydrogens (tertiary/aromatic N) is 2. The van der Waals surface area contributed by atoms with Crippen LogP contribution in [0.1, 0.15) is 25.0 Å². The van der Waals surface area contributed by atoms with E-state index in [1.807, 2.05) is 6.92 Å². The van der Waals surface area contributed by atoms with Crippen LogP contribution in [0.3, 0.4) is 0 Å². The highest BCUT2D eigenvalue weighted by Crippen LogP contribution is 2.37. The minimum Gasteiger partial charge on any atom is -0.481 e. The number of ether oxygens (including phenoxy) is 1. The van der Waals surface area contributed by atoms with Crippen molar-refractivity contribution in [3.05, 3.63) is 11.9 Å². The molecule has 0 bridgehead atoms. The quantitative estimate of drug-likeness (QED) is 0.800. The van der Waals surface area contributed by atoms with E-state index in [2.05, 4.69) is 9.55 Å². The van der Waals surface area contributed by atoms with Gasteiger partial charge in [-0.25, -0.2) is 4.98 Å². The van der Waals surface area contributed by atoms with Crippen molar-refractivity contribution in [1.82, 2.24) is 9.55 Å². The molecule has 0 unspecified atom stereocenters. The summed E-state index contributed by atoms with van der Waals surface area (Å²) in [5, 5.41) is 9.49. The number of hydrogen-bond donors (Lipinski definition) is 1. The molecule has 1 saturated carbocycles. The number of thioether (sulfide) groups is 1. The van der Waals surface area contributed by atoms with Gasteiger partial charge in [-0.2, -0.15) is 0 Å². The number of hydrogen-bond acceptors (Lipinski definition) is 4. The van der Waals surface area contributed by atoms with E-state index in [0.29, 0.717) is 0 Å². The van der Waals surface area contributed by atoms with Crippen molar-refractivity contribution < 1.29 is 14.6 Å². The predicted octanol–water partition coefficient (Wildman–Crippen LogP) is 1.94. The fraction of sp³-hybridized carbons (Fsp3) is 0.667. The zero-order chi connectivity index (χ0) is 13.2. The van der Waals surface area contributed by atoms with Gasteiger partial charge in [0.05, 0.1) is 17.9 Å². The molecule has 1 fully saturated rings. The molecule has 0 radical (unpaired) electrons. The second kappa shape index (κ2) is 5.32. The minimum atomic E-state index is -0.822. The van der Waals surface area contributed by atoms with Crippen molar-refractivity contribution in [2.75, 3.05) is 12.9 Å². The van der Waals surface area contributed by atoms with Crippen molar-refractivity contribution in [3.63, 3.8) is 0 Å². The lowest BCUT2D eigenvalue weighted by atomic mass is 9.80. The molecule has 2 rings (SSSR count). The average molecular weight is 270 g/mol. The summed E-state index contributed by atoms with van der Waals surface area (Å²) in [7, 11) is 1.75. The van der Waals surface area contributed by atoms with Gasteiger partial charge in [-0.15, -0.1) is 0 Å². The normalized spacial score (nSPS) is 17.4. The van der Waals surface area contributed by atoms with Gasteiger partial charge in [0.2, 0.25) is 0 Å². The molecule has 1 aliphatic rings. The first kappa shape index (κ1) is 13.4. The van der Waals surface area contributed by atoms with Gasteiger partial charge in [-0.3, -0.25) is 4.79 Å². The van der Waals surface area contributed by atoms with Gasteiger partial charge in [0.25, 0.3) is 0 Å². The molecule has 100 valence electrons. The Morgan fingerprint density at radius 3 is 2.89 bits per heavy atom. The van der Waals surface area contributed by atoms with E-state index in [1.165, 1.54) is 18.2 Å². The first-order chi connectivity index (χ1) is 8.56. The number of carboxylic acid groups (broad SMARTS) is 1. The van der Waals surface area contributed by atoms with Gasteiger partial charge in [0.1, 0.15) is 0 Å². The fourth-order valence-electron chi connectivity index (χ4n) is 2.16. The second-order valence-corrected chi connectivity index (χ2v) is 5.63. The zero-order valence-electron chi connectivity index (χ0n) is 10.7. The van der Waals surface area contributed by atoms with Crippen LogP contribution in [0.5, 0.6) is 0 Å². The Morgan fingerprint density at radius 2 is 2.39 bits per heavy atom. The second-order valence-electron chi connectivity index (χ2n) is 4.69. The van der Waals surface area contributed by atoms with Crippen molar-refractivity contribution in [2.24, 2.45) is 0 Å². The highest BCUT2D eigenvalue weighted by Gasteiger charge is 2.38. The summed E-state index contributed by atoms with van der Waals surface area (Å²) in [4.78, 5) is 14.9. The lowest BCUT2D eigenvalue weighted by Crippen LogP contribution is -2.43. The van der Waals surface area contributed by atoms with E-state index >= 15 is 0 Å². The van der Waals surface area contributed by atoms with E-state index in [1.54, 1.807) is 13.3 Å². The van der Waals surface area contributed by atoms with Gasteiger partial charge < -0.3 is 14.4 Å². The highest BCUT2D eigenvalue weighted by molar-refractivity contribution is 7.99. The SMILES string of the molecule is COC1(Cn2c(C)cnc2SCC(=O)O)CCC1. The Hall–Kier alpha value is -1.01. The molecule has 0 aromatic carbocycles. The predicted molar refractivity (Wildman–Crippen MR) is 68.9 cm³/mol. The monoisotopic (exact) mass is 270 g/mol. The molecule has 0 aliphatic heterocycles. The third-order valence-electron chi connectivity index (χ3n) is 3.49. The molecule has 1 aromatic rings. The van der Waals surface area contributed by atoms with Gasteiger partial charge >= 0.3 is 5.97 Å². The van der Waals surface area contributed by atoms with E-state index in [4.69, 9.17) is 9.84 Å². The van der Waals surface area contributed by atoms with Crippen molar-refractivity contribution in [3.8, 4) is 0 Å². The molecule has 1 heterocycles. The van der Waals surface area contributed by atoms with Gasteiger partial charge in [-0.05, 0) is 26.2 Å². The molecule has 1 aliphatic carbocycles. The van der Waals surface area contributed by atoms with Crippen LogP contribution < -0.4 is 0 Å². The number of methoxy groups -OCH3 is 1. The number of aryl methyl sites for hydroxylation is 1. The van der Waals surface area contributed by atoms with Crippen LogP contribution in [-0.4, -0.2) is 39.1 Å². The number of rotatable bonds is 6. The third-order valence-corrected chi connectivity index (χ3v) is 4.46. The van der Waals surface area contributed by atoms with Gasteiger partial charge in [0.15, 0.2) is 5.16 Å². The Morgan fingerprint density at radius 1 is 1.67 bits per heavy atom. The molecule has 0 spiro atoms. The standard InChI is InChI=1S/C12H18N2O3S/c1-9-6-13-11(18-7-10(15)16)14(9)8-12(17-2)4-3-5-12/h6H,3-5,7-8H2,1-2H3,(H,15,16). The molecule has 0 atom stereocenters. The topological polar surface area (TPSA) is 64.4 Å². The third kappa shape index (κ3) is 2.70. The fourth-order valence-corrected chi connectivity index (χ4v) is 2.90. The van der Waals surface area contributed by atoms with E-state index in [-0.39, 0.29) is 11.4 Å². The Bertz CT molecular complexity index is 435. The van der Waals surface area contributed by atoms with E-state index in [9.17, 15) is 4.79 Å². The van der Waals surface area contributed by atoms with Crippen molar-refractivity contribution in [1.29, 1.82) is 0 Å². The first-order valence-electron chi connectivity index (χ1n) is 5.98. The highest BCUT2D eigenvalue weighted by atomic mass is 32.2. The van der Waals surface area contributed by atoms with Crippen LogP contribution in [0.15, 0.2) is 11.4 Å². The Labute approximate surface area is 111 Å². The van der Waals surface area contributed by atoms with Crippen LogP contribution in [0, 0.1) is 6.92 Å². The molecule has 18 heavy (non-hydrogen) atoms. The number of aromatic nitrogens is 2. The van der Waals surface area contributed by atoms with Gasteiger partial charge in [0, 0.05) is 19.0 Å². The van der Waals surface area contributed by atoms with Gasteiger partial charge in [-0.1, -0.05) is 11.8 Å². The minimum absolute atomic E-state index is 0.0381. The van der Waals surface area contributed by atoms with E-state index < -0.39 is 5.97 Å². The molecule has 6 heteroatoms. The molecular weight excluding hydrogens is 252 g/mol. The van der Waals surface area contributed by atoms with Crippen molar-refractivity contribution in [2.45, 2.75) is 43.5 Å². The number of carbonyl (C=O) groups is 1. The smallest absolute Gasteiger partial charge is 0.313 e. The van der Waals surface area contributed by atoms with E-state index in [0.717, 1.165) is 30.2 Å². The van der Waals surface area contributed by atoms with Crippen LogP contribution in [0.2, 0.25) is 0 Å². The largest absolute Gasteiger partial charge is 0.481 e. The summed E-state index contributed by atoms with van der Waals surface area (Å²) in [5.74, 6) is -0.784. The number of aliphatic carboxylic acids is 1. The Balaban J connectivity index is 2.11. The Kier molecular flexibility index (Phi) is 3.97. The summed E-state index contributed by atoms with van der Waals surface area (Å²) >= 11 is 1.26. The molecule has 5 nitrogen and oxygen atoms in total. The van der Waals surface area contributed by atoms with Crippen LogP contribution in [0.4, 0.5) is 0 Å². The lowest BCUT2D eigenvalue weighted by Gasteiger charge is -2.41. The molecule has 1 aromatic heterocycles. The summed E-state index contributed by atoms with van der Waals surface area (Å²) in [6, 6.07) is 0. The maximum atomic E-state index is 10.6. The molecular formula is C12H18N2O3S. The summed E-state index contributed by atoms with van der Waals surface area (Å²) in [5.41, 5.74) is 0.968. The summed E-state index contributed by atoms with van der Waals surface area (Å²) in [6.07, 6.45) is 5.10.